The first-order valence-corrected chi connectivity index (χ1v) is 10.2. The number of nitrogens with two attached hydrogens (primary N) is 3. The molecular formula is C19H24N4OS2. The third kappa shape index (κ3) is 4.16. The summed E-state index contributed by atoms with van der Waals surface area (Å²) in [6.45, 7) is 4.09. The van der Waals surface area contributed by atoms with Crippen molar-refractivity contribution in [3.05, 3.63) is 46.0 Å². The van der Waals surface area contributed by atoms with Crippen LogP contribution < -0.4 is 22.5 Å². The Morgan fingerprint density at radius 2 is 1.88 bits per heavy atom. The van der Waals surface area contributed by atoms with Crippen LogP contribution in [0.5, 0.6) is 0 Å². The molecule has 7 N–H and O–H groups in total. The van der Waals surface area contributed by atoms with Crippen molar-refractivity contribution in [2.75, 3.05) is 11.5 Å². The number of amides is 1. The van der Waals surface area contributed by atoms with Gasteiger partial charge in [0.1, 0.15) is 4.88 Å². The van der Waals surface area contributed by atoms with Gasteiger partial charge in [0.2, 0.25) is 0 Å². The van der Waals surface area contributed by atoms with Crippen LogP contribution in [0, 0.1) is 0 Å². The topological polar surface area (TPSA) is 107 Å². The number of nitrogen functional groups attached to an aromatic ring is 2. The minimum Gasteiger partial charge on any atom is -0.402 e. The Morgan fingerprint density at radius 1 is 1.23 bits per heavy atom. The van der Waals surface area contributed by atoms with Crippen molar-refractivity contribution in [1.82, 2.24) is 5.32 Å². The molecule has 26 heavy (non-hydrogen) atoms. The minimum absolute atomic E-state index is 0.218. The smallest absolute Gasteiger partial charge is 0.263 e. The Kier molecular flexibility index (Phi) is 5.48. The molecule has 0 radical (unpaired) electrons. The predicted octanol–water partition coefficient (Wildman–Crippen LogP) is 3.81. The summed E-state index contributed by atoms with van der Waals surface area (Å²) in [7, 11) is 0. The summed E-state index contributed by atoms with van der Waals surface area (Å²) in [5, 5.41) is 4.22. The predicted molar refractivity (Wildman–Crippen MR) is 112 cm³/mol. The van der Waals surface area contributed by atoms with Gasteiger partial charge in [-0.25, -0.2) is 0 Å². The van der Waals surface area contributed by atoms with E-state index >= 15 is 0 Å². The number of allylic oxidation sites excluding steroid dienone is 2. The van der Waals surface area contributed by atoms with E-state index in [1.54, 1.807) is 6.92 Å². The zero-order valence-corrected chi connectivity index (χ0v) is 16.6. The Labute approximate surface area is 162 Å². The number of hydrogen-bond acceptors (Lipinski definition) is 6. The summed E-state index contributed by atoms with van der Waals surface area (Å²) in [5.41, 5.74) is 21.6. The highest BCUT2D eigenvalue weighted by molar-refractivity contribution is 8.00. The molecule has 7 heteroatoms. The molecule has 5 nitrogen and oxygen atoms in total. The highest BCUT2D eigenvalue weighted by atomic mass is 32.2. The molecule has 2 aromatic rings. The van der Waals surface area contributed by atoms with Crippen LogP contribution in [0.2, 0.25) is 0 Å². The number of nitrogens with one attached hydrogen (secondary N) is 1. The molecule has 1 amide bonds. The molecule has 0 atom stereocenters. The third-order valence-corrected chi connectivity index (χ3v) is 6.73. The molecular weight excluding hydrogens is 364 g/mol. The second-order valence-electron chi connectivity index (χ2n) is 6.54. The number of anilines is 2. The zero-order chi connectivity index (χ0) is 18.8. The summed E-state index contributed by atoms with van der Waals surface area (Å²) in [6, 6.07) is 8.32. The Hall–Kier alpha value is -2.12. The maximum Gasteiger partial charge on any atom is 0.263 e. The van der Waals surface area contributed by atoms with Crippen molar-refractivity contribution in [3.8, 4) is 0 Å². The lowest BCUT2D eigenvalue weighted by Gasteiger charge is -2.07. The molecule has 1 heterocycles. The zero-order valence-electron chi connectivity index (χ0n) is 15.0. The van der Waals surface area contributed by atoms with Crippen LogP contribution in [0.3, 0.4) is 0 Å². The molecule has 1 aliphatic carbocycles. The average Bonchev–Trinajstić information content (AvgIpc) is 3.37. The molecule has 1 saturated carbocycles. The number of carbonyl (C=O) groups excluding carboxylic acids is 1. The minimum atomic E-state index is -0.218. The Balaban J connectivity index is 1.66. The van der Waals surface area contributed by atoms with Gasteiger partial charge in [-0.3, -0.25) is 4.79 Å². The SMILES string of the molecule is C/C(N)=C(\C)c1c(N)sc(C(=O)NCc2ccc(SC3CC3)cc2)c1N. The molecule has 1 aromatic carbocycles. The second-order valence-corrected chi connectivity index (χ2v) is 8.96. The highest BCUT2D eigenvalue weighted by Crippen LogP contribution is 2.39. The average molecular weight is 389 g/mol. The highest BCUT2D eigenvalue weighted by Gasteiger charge is 2.23. The van der Waals surface area contributed by atoms with Gasteiger partial charge >= 0.3 is 0 Å². The third-order valence-electron chi connectivity index (χ3n) is 4.35. The molecule has 0 saturated heterocycles. The summed E-state index contributed by atoms with van der Waals surface area (Å²) >= 11 is 3.11. The molecule has 0 spiro atoms. The maximum atomic E-state index is 12.5. The normalized spacial score (nSPS) is 14.8. The van der Waals surface area contributed by atoms with Crippen LogP contribution in [0.1, 0.15) is 47.5 Å². The molecule has 0 unspecified atom stereocenters. The van der Waals surface area contributed by atoms with E-state index in [1.807, 2.05) is 30.8 Å². The van der Waals surface area contributed by atoms with Gasteiger partial charge in [0.25, 0.3) is 5.91 Å². The number of thiophene rings is 1. The molecule has 1 fully saturated rings. The standard InChI is InChI=1S/C19H24N4OS2/c1-10(11(2)20)15-16(21)17(26-18(15)22)19(24)23-9-12-3-5-13(6-4-12)25-14-7-8-14/h3-6,14H,7-9,20-22H2,1-2H3,(H,23,24)/b11-10-. The van der Waals surface area contributed by atoms with Crippen molar-refractivity contribution in [1.29, 1.82) is 0 Å². The fourth-order valence-electron chi connectivity index (χ4n) is 2.54. The summed E-state index contributed by atoms with van der Waals surface area (Å²) in [5.74, 6) is -0.218. The Morgan fingerprint density at radius 3 is 2.46 bits per heavy atom. The van der Waals surface area contributed by atoms with Gasteiger partial charge in [-0.15, -0.1) is 23.1 Å². The van der Waals surface area contributed by atoms with Crippen molar-refractivity contribution in [3.63, 3.8) is 0 Å². The number of rotatable bonds is 6. The fourth-order valence-corrected chi connectivity index (χ4v) is 4.55. The van der Waals surface area contributed by atoms with Crippen molar-refractivity contribution < 1.29 is 4.79 Å². The van der Waals surface area contributed by atoms with Crippen molar-refractivity contribution in [2.24, 2.45) is 5.73 Å². The quantitative estimate of drug-likeness (QED) is 0.602. The lowest BCUT2D eigenvalue weighted by molar-refractivity contribution is 0.0955. The van der Waals surface area contributed by atoms with Gasteiger partial charge in [-0.05, 0) is 50.0 Å². The largest absolute Gasteiger partial charge is 0.402 e. The van der Waals surface area contributed by atoms with E-state index in [9.17, 15) is 4.79 Å². The summed E-state index contributed by atoms with van der Waals surface area (Å²) in [6.07, 6.45) is 2.63. The van der Waals surface area contributed by atoms with Gasteiger partial charge in [0.05, 0.1) is 10.7 Å². The second kappa shape index (κ2) is 7.63. The first-order chi connectivity index (χ1) is 12.4. The van der Waals surface area contributed by atoms with E-state index in [1.165, 1.54) is 29.1 Å². The van der Waals surface area contributed by atoms with E-state index in [4.69, 9.17) is 17.2 Å². The van der Waals surface area contributed by atoms with Crippen LogP contribution in [0.15, 0.2) is 34.9 Å². The first kappa shape index (κ1) is 18.7. The van der Waals surface area contributed by atoms with E-state index in [0.29, 0.717) is 33.4 Å². The van der Waals surface area contributed by atoms with Crippen molar-refractivity contribution >= 4 is 45.3 Å². The molecule has 0 aliphatic heterocycles. The van der Waals surface area contributed by atoms with Gasteiger partial charge in [0, 0.05) is 28.0 Å². The van der Waals surface area contributed by atoms with Crippen LogP contribution in [0.25, 0.3) is 5.57 Å². The summed E-state index contributed by atoms with van der Waals surface area (Å²) in [4.78, 5) is 14.2. The van der Waals surface area contributed by atoms with Crippen LogP contribution in [-0.2, 0) is 6.54 Å². The van der Waals surface area contributed by atoms with Crippen LogP contribution >= 0.6 is 23.1 Å². The van der Waals surface area contributed by atoms with E-state index in [0.717, 1.165) is 16.4 Å². The number of carbonyl (C=O) groups is 1. The molecule has 138 valence electrons. The van der Waals surface area contributed by atoms with Crippen LogP contribution in [-0.4, -0.2) is 11.2 Å². The molecule has 0 bridgehead atoms. The maximum absolute atomic E-state index is 12.5. The van der Waals surface area contributed by atoms with Gasteiger partial charge in [-0.1, -0.05) is 12.1 Å². The fraction of sp³-hybridized carbons (Fsp3) is 0.316. The van der Waals surface area contributed by atoms with Gasteiger partial charge in [-0.2, -0.15) is 0 Å². The van der Waals surface area contributed by atoms with Gasteiger partial charge in [0.15, 0.2) is 0 Å². The first-order valence-electron chi connectivity index (χ1n) is 8.51. The number of benzene rings is 1. The van der Waals surface area contributed by atoms with Crippen LogP contribution in [0.4, 0.5) is 10.7 Å². The van der Waals surface area contributed by atoms with E-state index in [2.05, 4.69) is 17.4 Å². The monoisotopic (exact) mass is 388 g/mol. The summed E-state index contributed by atoms with van der Waals surface area (Å²) < 4.78 is 0. The lowest BCUT2D eigenvalue weighted by atomic mass is 10.1. The molecule has 1 aliphatic rings. The van der Waals surface area contributed by atoms with E-state index < -0.39 is 0 Å². The lowest BCUT2D eigenvalue weighted by Crippen LogP contribution is -2.22. The van der Waals surface area contributed by atoms with Gasteiger partial charge < -0.3 is 22.5 Å². The van der Waals surface area contributed by atoms with E-state index in [-0.39, 0.29) is 5.91 Å². The molecule has 3 rings (SSSR count). The number of hydrogen-bond donors (Lipinski definition) is 4. The molecule has 1 aromatic heterocycles. The Bertz CT molecular complexity index is 847. The van der Waals surface area contributed by atoms with Crippen molar-refractivity contribution in [2.45, 2.75) is 43.4 Å². The number of thioether (sulfide) groups is 1.